The Morgan fingerprint density at radius 3 is 2.70 bits per heavy atom. The molecule has 0 saturated heterocycles. The number of hydrogen-bond donors (Lipinski definition) is 1. The highest BCUT2D eigenvalue weighted by Gasteiger charge is 2.30. The number of aromatic nitrogens is 4. The van der Waals surface area contributed by atoms with Gasteiger partial charge >= 0.3 is 6.18 Å². The molecule has 0 spiro atoms. The van der Waals surface area contributed by atoms with Gasteiger partial charge in [0.1, 0.15) is 0 Å². The maximum Gasteiger partial charge on any atom is 0.416 e. The van der Waals surface area contributed by atoms with Gasteiger partial charge < -0.3 is 5.32 Å². The average Bonchev–Trinajstić information content (AvgIpc) is 3.14. The van der Waals surface area contributed by atoms with Crippen LogP contribution in [0.15, 0.2) is 41.1 Å². The van der Waals surface area contributed by atoms with Gasteiger partial charge in [0.15, 0.2) is 5.69 Å². The minimum Gasteiger partial charge on any atom is -0.318 e. The molecule has 0 aliphatic rings. The van der Waals surface area contributed by atoms with Gasteiger partial charge in [0, 0.05) is 13.2 Å². The largest absolute Gasteiger partial charge is 0.416 e. The molecule has 0 radical (unpaired) electrons. The molecule has 27 heavy (non-hydrogen) atoms. The summed E-state index contributed by atoms with van der Waals surface area (Å²) in [6.07, 6.45) is -1.43. The standard InChI is InChI=1S/C17H15BrF3N5O/c1-10-14(18)15(24-25(10)2)16(27)23-13-7-22-26(9-13)8-11-4-3-5-12(6-11)17(19,20)21/h3-7,9H,8H2,1-2H3,(H,23,27). The summed E-state index contributed by atoms with van der Waals surface area (Å²) in [6.45, 7) is 1.97. The Balaban J connectivity index is 1.72. The molecule has 6 nitrogen and oxygen atoms in total. The van der Waals surface area contributed by atoms with Crippen LogP contribution in [0.2, 0.25) is 0 Å². The van der Waals surface area contributed by atoms with Crippen LogP contribution in [0.3, 0.4) is 0 Å². The van der Waals surface area contributed by atoms with Crippen molar-refractivity contribution in [1.82, 2.24) is 19.6 Å². The fraction of sp³-hybridized carbons (Fsp3) is 0.235. The maximum atomic E-state index is 12.8. The topological polar surface area (TPSA) is 64.7 Å². The van der Waals surface area contributed by atoms with Crippen molar-refractivity contribution in [3.05, 3.63) is 63.6 Å². The molecule has 0 fully saturated rings. The number of carbonyl (C=O) groups excluding carboxylic acids is 1. The number of nitrogens with zero attached hydrogens (tertiary/aromatic N) is 4. The Morgan fingerprint density at radius 1 is 1.33 bits per heavy atom. The van der Waals surface area contributed by atoms with Gasteiger partial charge in [0.05, 0.1) is 34.2 Å². The zero-order valence-electron chi connectivity index (χ0n) is 14.4. The first-order valence-corrected chi connectivity index (χ1v) is 8.63. The number of aryl methyl sites for hydroxylation is 1. The van der Waals surface area contributed by atoms with Crippen LogP contribution in [-0.4, -0.2) is 25.5 Å². The Bertz CT molecular complexity index is 993. The highest BCUT2D eigenvalue weighted by atomic mass is 79.9. The monoisotopic (exact) mass is 441 g/mol. The second kappa shape index (κ2) is 7.18. The lowest BCUT2D eigenvalue weighted by Crippen LogP contribution is -2.13. The minimum absolute atomic E-state index is 0.145. The third-order valence-corrected chi connectivity index (χ3v) is 4.92. The first-order chi connectivity index (χ1) is 12.6. The van der Waals surface area contributed by atoms with E-state index in [2.05, 4.69) is 31.4 Å². The second-order valence-corrected chi connectivity index (χ2v) is 6.74. The summed E-state index contributed by atoms with van der Waals surface area (Å²) in [5, 5.41) is 10.9. The number of halogens is 4. The van der Waals surface area contributed by atoms with Crippen molar-refractivity contribution in [3.63, 3.8) is 0 Å². The summed E-state index contributed by atoms with van der Waals surface area (Å²) in [6, 6.07) is 5.03. The Labute approximate surface area is 161 Å². The van der Waals surface area contributed by atoms with Gasteiger partial charge in [-0.15, -0.1) is 0 Å². The molecule has 0 aliphatic heterocycles. The van der Waals surface area contributed by atoms with Gasteiger partial charge in [-0.3, -0.25) is 14.2 Å². The van der Waals surface area contributed by atoms with Gasteiger partial charge in [-0.1, -0.05) is 12.1 Å². The number of anilines is 1. The smallest absolute Gasteiger partial charge is 0.318 e. The number of benzene rings is 1. The molecule has 0 saturated carbocycles. The second-order valence-electron chi connectivity index (χ2n) is 5.95. The number of hydrogen-bond acceptors (Lipinski definition) is 3. The van der Waals surface area contributed by atoms with Gasteiger partial charge in [-0.2, -0.15) is 23.4 Å². The van der Waals surface area contributed by atoms with E-state index in [9.17, 15) is 18.0 Å². The van der Waals surface area contributed by atoms with E-state index < -0.39 is 17.6 Å². The van der Waals surface area contributed by atoms with E-state index in [0.29, 0.717) is 15.7 Å². The molecular weight excluding hydrogens is 427 g/mol. The van der Waals surface area contributed by atoms with Crippen molar-refractivity contribution in [2.45, 2.75) is 19.6 Å². The zero-order valence-corrected chi connectivity index (χ0v) is 16.0. The van der Waals surface area contributed by atoms with Crippen LogP contribution >= 0.6 is 15.9 Å². The van der Waals surface area contributed by atoms with Gasteiger partial charge in [0.25, 0.3) is 5.91 Å². The zero-order chi connectivity index (χ0) is 19.8. The van der Waals surface area contributed by atoms with Gasteiger partial charge in [-0.05, 0) is 40.5 Å². The summed E-state index contributed by atoms with van der Waals surface area (Å²) in [5.41, 5.74) is 1.20. The first kappa shape index (κ1) is 19.2. The molecule has 3 aromatic rings. The minimum atomic E-state index is -4.40. The van der Waals surface area contributed by atoms with Crippen LogP contribution in [-0.2, 0) is 19.8 Å². The highest BCUT2D eigenvalue weighted by Crippen LogP contribution is 2.29. The van der Waals surface area contributed by atoms with Crippen molar-refractivity contribution in [2.75, 3.05) is 5.32 Å². The Kier molecular flexibility index (Phi) is 5.09. The predicted molar refractivity (Wildman–Crippen MR) is 96.4 cm³/mol. The molecule has 0 atom stereocenters. The summed E-state index contributed by atoms with van der Waals surface area (Å²) in [4.78, 5) is 12.3. The van der Waals surface area contributed by atoms with Crippen LogP contribution in [0, 0.1) is 6.92 Å². The molecule has 0 aliphatic carbocycles. The molecule has 2 heterocycles. The molecular formula is C17H15BrF3N5O. The third-order valence-electron chi connectivity index (χ3n) is 3.97. The van der Waals surface area contributed by atoms with Crippen LogP contribution in [0.4, 0.5) is 18.9 Å². The van der Waals surface area contributed by atoms with E-state index in [4.69, 9.17) is 0 Å². The third kappa shape index (κ3) is 4.21. The van der Waals surface area contributed by atoms with E-state index in [1.165, 1.54) is 16.9 Å². The lowest BCUT2D eigenvalue weighted by atomic mass is 10.1. The van der Waals surface area contributed by atoms with E-state index in [0.717, 1.165) is 17.8 Å². The fourth-order valence-corrected chi connectivity index (χ4v) is 2.98. The number of rotatable bonds is 4. The predicted octanol–water partition coefficient (Wildman–Crippen LogP) is 4.01. The molecule has 1 aromatic carbocycles. The Hall–Kier alpha value is -2.62. The number of alkyl halides is 3. The van der Waals surface area contributed by atoms with Crippen molar-refractivity contribution < 1.29 is 18.0 Å². The van der Waals surface area contributed by atoms with E-state index in [1.807, 2.05) is 6.92 Å². The van der Waals surface area contributed by atoms with Crippen LogP contribution < -0.4 is 5.32 Å². The average molecular weight is 442 g/mol. The number of amides is 1. The SMILES string of the molecule is Cc1c(Br)c(C(=O)Nc2cnn(Cc3cccc(C(F)(F)F)c3)c2)nn1C. The summed E-state index contributed by atoms with van der Waals surface area (Å²) in [7, 11) is 1.73. The molecule has 142 valence electrons. The highest BCUT2D eigenvalue weighted by molar-refractivity contribution is 9.10. The fourth-order valence-electron chi connectivity index (χ4n) is 2.47. The normalized spacial score (nSPS) is 11.6. The van der Waals surface area contributed by atoms with E-state index >= 15 is 0 Å². The van der Waals surface area contributed by atoms with Crippen LogP contribution in [0.1, 0.15) is 27.3 Å². The molecule has 0 bridgehead atoms. The number of nitrogens with one attached hydrogen (secondary N) is 1. The summed E-state index contributed by atoms with van der Waals surface area (Å²) in [5.74, 6) is -0.413. The molecule has 1 N–H and O–H groups in total. The quantitative estimate of drug-likeness (QED) is 0.665. The molecule has 3 rings (SSSR count). The van der Waals surface area contributed by atoms with Crippen molar-refractivity contribution >= 4 is 27.5 Å². The lowest BCUT2D eigenvalue weighted by molar-refractivity contribution is -0.137. The van der Waals surface area contributed by atoms with Crippen LogP contribution in [0.25, 0.3) is 0 Å². The Morgan fingerprint density at radius 2 is 2.07 bits per heavy atom. The van der Waals surface area contributed by atoms with Crippen molar-refractivity contribution in [1.29, 1.82) is 0 Å². The summed E-state index contributed by atoms with van der Waals surface area (Å²) < 4.78 is 42.0. The van der Waals surface area contributed by atoms with Crippen molar-refractivity contribution in [3.8, 4) is 0 Å². The van der Waals surface area contributed by atoms with E-state index in [-0.39, 0.29) is 12.2 Å². The molecule has 10 heteroatoms. The van der Waals surface area contributed by atoms with Crippen molar-refractivity contribution in [2.24, 2.45) is 7.05 Å². The van der Waals surface area contributed by atoms with E-state index in [1.54, 1.807) is 24.0 Å². The molecule has 1 amide bonds. The van der Waals surface area contributed by atoms with Crippen LogP contribution in [0.5, 0.6) is 0 Å². The number of carbonyl (C=O) groups is 1. The maximum absolute atomic E-state index is 12.8. The van der Waals surface area contributed by atoms with Gasteiger partial charge in [0.2, 0.25) is 0 Å². The first-order valence-electron chi connectivity index (χ1n) is 7.84. The van der Waals surface area contributed by atoms with Gasteiger partial charge in [-0.25, -0.2) is 0 Å². The summed E-state index contributed by atoms with van der Waals surface area (Å²) >= 11 is 3.33. The lowest BCUT2D eigenvalue weighted by Gasteiger charge is -2.08. The molecule has 2 aromatic heterocycles. The molecule has 0 unspecified atom stereocenters.